The number of hydrogen-bond donors (Lipinski definition) is 0. The molecule has 1 aromatic heterocycles. The quantitative estimate of drug-likeness (QED) is 0.537. The van der Waals surface area contributed by atoms with Gasteiger partial charge in [-0.25, -0.2) is 18.0 Å². The third kappa shape index (κ3) is 2.77. The summed E-state index contributed by atoms with van der Waals surface area (Å²) in [6.45, 7) is 1.58. The van der Waals surface area contributed by atoms with Crippen molar-refractivity contribution in [3.63, 3.8) is 0 Å². The molecule has 0 atom stereocenters. The molecule has 0 bridgehead atoms. The highest BCUT2D eigenvalue weighted by atomic mass is 19.2. The van der Waals surface area contributed by atoms with Gasteiger partial charge in [-0.2, -0.15) is 0 Å². The molecule has 3 rings (SSSR count). The molecule has 0 saturated heterocycles. The summed E-state index contributed by atoms with van der Waals surface area (Å²) in [6, 6.07) is 8.70. The zero-order valence-electron chi connectivity index (χ0n) is 13.1. The maximum atomic E-state index is 14.4. The van der Waals surface area contributed by atoms with E-state index in [0.717, 1.165) is 10.8 Å². The average Bonchev–Trinajstić information content (AvgIpc) is 2.61. The lowest BCUT2D eigenvalue weighted by Gasteiger charge is -2.14. The Labute approximate surface area is 140 Å². The molecule has 1 heterocycles. The van der Waals surface area contributed by atoms with Crippen molar-refractivity contribution in [1.29, 1.82) is 0 Å². The van der Waals surface area contributed by atoms with Gasteiger partial charge in [0.25, 0.3) is 0 Å². The zero-order valence-corrected chi connectivity index (χ0v) is 13.1. The van der Waals surface area contributed by atoms with E-state index in [1.807, 2.05) is 0 Å². The van der Waals surface area contributed by atoms with E-state index in [1.165, 1.54) is 0 Å². The maximum Gasteiger partial charge on any atom is 0.343 e. The Kier molecular flexibility index (Phi) is 4.31. The highest BCUT2D eigenvalue weighted by Crippen LogP contribution is 2.24. The lowest BCUT2D eigenvalue weighted by atomic mass is 10.1. The minimum atomic E-state index is -1.69. The third-order valence-corrected chi connectivity index (χ3v) is 3.65. The first-order chi connectivity index (χ1) is 12.0. The number of carbonyl (C=O) groups is 1. The van der Waals surface area contributed by atoms with Crippen molar-refractivity contribution in [1.82, 2.24) is 4.57 Å². The molecule has 2 aromatic carbocycles. The molecule has 3 aromatic rings. The first-order valence-corrected chi connectivity index (χ1v) is 7.41. The van der Waals surface area contributed by atoms with Crippen LogP contribution >= 0.6 is 0 Å². The van der Waals surface area contributed by atoms with Crippen LogP contribution in [0.1, 0.15) is 17.3 Å². The molecule has 7 heteroatoms. The molecule has 4 nitrogen and oxygen atoms in total. The van der Waals surface area contributed by atoms with Crippen molar-refractivity contribution >= 4 is 16.9 Å². The lowest BCUT2D eigenvalue weighted by molar-refractivity contribution is 0.0524. The van der Waals surface area contributed by atoms with Crippen LogP contribution in [-0.2, 0) is 4.74 Å². The van der Waals surface area contributed by atoms with Crippen molar-refractivity contribution < 1.29 is 22.7 Å². The Hall–Kier alpha value is -3.09. The molecule has 0 aliphatic carbocycles. The molecule has 0 N–H and O–H groups in total. The Morgan fingerprint density at radius 2 is 1.80 bits per heavy atom. The number of ether oxygens (including phenoxy) is 1. The van der Waals surface area contributed by atoms with Gasteiger partial charge in [-0.15, -0.1) is 0 Å². The second kappa shape index (κ2) is 6.43. The van der Waals surface area contributed by atoms with Crippen molar-refractivity contribution in [2.75, 3.05) is 6.61 Å². The molecule has 0 radical (unpaired) electrons. The minimum absolute atomic E-state index is 0.0216. The van der Waals surface area contributed by atoms with E-state index in [2.05, 4.69) is 0 Å². The van der Waals surface area contributed by atoms with Gasteiger partial charge in [0.1, 0.15) is 5.56 Å². The van der Waals surface area contributed by atoms with E-state index >= 15 is 0 Å². The van der Waals surface area contributed by atoms with Crippen LogP contribution in [-0.4, -0.2) is 17.1 Å². The fraction of sp³-hybridized carbons (Fsp3) is 0.111. The van der Waals surface area contributed by atoms with E-state index in [1.54, 1.807) is 37.3 Å². The number of rotatable bonds is 3. The topological polar surface area (TPSA) is 48.3 Å². The van der Waals surface area contributed by atoms with Crippen LogP contribution in [0, 0.1) is 17.5 Å². The van der Waals surface area contributed by atoms with Gasteiger partial charge in [0.15, 0.2) is 17.5 Å². The number of fused-ring (bicyclic) bond motifs is 1. The lowest BCUT2D eigenvalue weighted by Crippen LogP contribution is -2.21. The van der Waals surface area contributed by atoms with Crippen LogP contribution in [0.2, 0.25) is 0 Å². The molecule has 0 spiro atoms. The monoisotopic (exact) mass is 347 g/mol. The van der Waals surface area contributed by atoms with Gasteiger partial charge in [-0.05, 0) is 25.1 Å². The Bertz CT molecular complexity index is 1030. The summed E-state index contributed by atoms with van der Waals surface area (Å²) >= 11 is 0. The van der Waals surface area contributed by atoms with E-state index in [-0.39, 0.29) is 6.61 Å². The number of pyridine rings is 1. The Balaban J connectivity index is 2.47. The summed E-state index contributed by atoms with van der Waals surface area (Å²) < 4.78 is 47.7. The number of aromatic nitrogens is 1. The number of nitrogens with zero attached hydrogens (tertiary/aromatic N) is 1. The van der Waals surface area contributed by atoms with Crippen LogP contribution in [0.3, 0.4) is 0 Å². The van der Waals surface area contributed by atoms with Crippen LogP contribution in [0.5, 0.6) is 0 Å². The summed E-state index contributed by atoms with van der Waals surface area (Å²) in [5, 5.41) is -0.453. The van der Waals surface area contributed by atoms with Gasteiger partial charge in [0, 0.05) is 11.9 Å². The number of hydrogen-bond acceptors (Lipinski definition) is 3. The van der Waals surface area contributed by atoms with E-state index < -0.39 is 45.3 Å². The zero-order chi connectivity index (χ0) is 18.1. The third-order valence-electron chi connectivity index (χ3n) is 3.65. The first-order valence-electron chi connectivity index (χ1n) is 7.41. The maximum absolute atomic E-state index is 14.4. The fourth-order valence-corrected chi connectivity index (χ4v) is 2.54. The second-order valence-electron chi connectivity index (χ2n) is 5.18. The SMILES string of the molecule is CCOC(=O)c1cn(-c2ccccc2)c2c(F)c(F)c(F)cc2c1=O. The highest BCUT2D eigenvalue weighted by molar-refractivity contribution is 5.94. The summed E-state index contributed by atoms with van der Waals surface area (Å²) in [5.74, 6) is -5.64. The Morgan fingerprint density at radius 1 is 1.12 bits per heavy atom. The van der Waals surface area contributed by atoms with Crippen LogP contribution in [0.15, 0.2) is 47.4 Å². The number of para-hydroxylation sites is 1. The van der Waals surface area contributed by atoms with Crippen molar-refractivity contribution in [3.05, 3.63) is 75.8 Å². The number of esters is 1. The summed E-state index contributed by atoms with van der Waals surface area (Å²) in [6.07, 6.45) is 1.07. The van der Waals surface area contributed by atoms with Gasteiger partial charge in [-0.3, -0.25) is 4.79 Å². The molecule has 0 amide bonds. The first kappa shape index (κ1) is 16.8. The van der Waals surface area contributed by atoms with Gasteiger partial charge in [0.2, 0.25) is 5.43 Å². The number of benzene rings is 2. The van der Waals surface area contributed by atoms with Crippen molar-refractivity contribution in [2.24, 2.45) is 0 Å². The number of halogens is 3. The van der Waals surface area contributed by atoms with Crippen LogP contribution in [0.25, 0.3) is 16.6 Å². The predicted molar refractivity (Wildman–Crippen MR) is 85.4 cm³/mol. The Morgan fingerprint density at radius 3 is 2.44 bits per heavy atom. The number of carbonyl (C=O) groups excluding carboxylic acids is 1. The van der Waals surface area contributed by atoms with Crippen molar-refractivity contribution in [3.8, 4) is 5.69 Å². The molecule has 0 fully saturated rings. The molecule has 0 aliphatic rings. The van der Waals surface area contributed by atoms with Gasteiger partial charge >= 0.3 is 5.97 Å². The summed E-state index contributed by atoms with van der Waals surface area (Å²) in [4.78, 5) is 24.5. The molecular weight excluding hydrogens is 335 g/mol. The van der Waals surface area contributed by atoms with Crippen LogP contribution in [0.4, 0.5) is 13.2 Å². The standard InChI is InChI=1S/C18H12F3NO3/c1-2-25-18(24)12-9-22(10-6-4-3-5-7-10)16-11(17(12)23)8-13(19)14(20)15(16)21/h3-9H,2H2,1H3. The molecule has 0 aliphatic heterocycles. The van der Waals surface area contributed by atoms with E-state index in [9.17, 15) is 22.8 Å². The van der Waals surface area contributed by atoms with Gasteiger partial charge in [0.05, 0.1) is 17.5 Å². The largest absolute Gasteiger partial charge is 0.462 e. The molecule has 0 saturated carbocycles. The average molecular weight is 347 g/mol. The van der Waals surface area contributed by atoms with Gasteiger partial charge < -0.3 is 9.30 Å². The molecule has 25 heavy (non-hydrogen) atoms. The van der Waals surface area contributed by atoms with E-state index in [0.29, 0.717) is 11.8 Å². The summed E-state index contributed by atoms with van der Waals surface area (Å²) in [7, 11) is 0. The van der Waals surface area contributed by atoms with E-state index in [4.69, 9.17) is 4.74 Å². The van der Waals surface area contributed by atoms with Gasteiger partial charge in [-0.1, -0.05) is 18.2 Å². The normalized spacial score (nSPS) is 10.9. The minimum Gasteiger partial charge on any atom is -0.462 e. The second-order valence-corrected chi connectivity index (χ2v) is 5.18. The molecule has 0 unspecified atom stereocenters. The van der Waals surface area contributed by atoms with Crippen molar-refractivity contribution in [2.45, 2.75) is 6.92 Å². The molecule has 128 valence electrons. The summed E-state index contributed by atoms with van der Waals surface area (Å²) in [5.41, 5.74) is -1.42. The highest BCUT2D eigenvalue weighted by Gasteiger charge is 2.23. The smallest absolute Gasteiger partial charge is 0.343 e. The predicted octanol–water partition coefficient (Wildman–Crippen LogP) is 3.58. The van der Waals surface area contributed by atoms with Crippen LogP contribution < -0.4 is 5.43 Å². The molecular formula is C18H12F3NO3. The fourth-order valence-electron chi connectivity index (χ4n) is 2.54.